The van der Waals surface area contributed by atoms with E-state index in [0.717, 1.165) is 0 Å². The van der Waals surface area contributed by atoms with E-state index in [2.05, 4.69) is 0 Å². The van der Waals surface area contributed by atoms with Crippen molar-refractivity contribution < 1.29 is 28.6 Å². The smallest absolute Gasteiger partial charge is 0.308 e. The van der Waals surface area contributed by atoms with E-state index in [1.165, 1.54) is 32.0 Å². The minimum atomic E-state index is -1.08. The predicted molar refractivity (Wildman–Crippen MR) is 87.4 cm³/mol. The Kier molecular flexibility index (Phi) is 4.52. The largest absolute Gasteiger partial charge is 0.480 e. The number of rotatable bonds is 3. The fourth-order valence-electron chi connectivity index (χ4n) is 2.70. The molecule has 0 saturated carbocycles. The van der Waals surface area contributed by atoms with Crippen molar-refractivity contribution in [1.82, 2.24) is 0 Å². The van der Waals surface area contributed by atoms with Crippen LogP contribution in [-0.2, 0) is 14.3 Å². The van der Waals surface area contributed by atoms with Crippen molar-refractivity contribution in [3.8, 4) is 11.5 Å². The summed E-state index contributed by atoms with van der Waals surface area (Å²) in [4.78, 5) is 35.4. The van der Waals surface area contributed by atoms with E-state index >= 15 is 0 Å². The third-order valence-electron chi connectivity index (χ3n) is 3.69. The van der Waals surface area contributed by atoms with Crippen LogP contribution in [0.5, 0.6) is 11.5 Å². The van der Waals surface area contributed by atoms with Crippen molar-refractivity contribution >= 4 is 17.7 Å². The summed E-state index contributed by atoms with van der Waals surface area (Å²) in [6.07, 6.45) is -1.86. The molecule has 0 bridgehead atoms. The molecule has 128 valence electrons. The Hall–Kier alpha value is -3.15. The number of ether oxygens (including phenoxy) is 3. The average molecular weight is 340 g/mol. The van der Waals surface area contributed by atoms with Crippen LogP contribution in [0.25, 0.3) is 0 Å². The van der Waals surface area contributed by atoms with Crippen LogP contribution in [0.2, 0.25) is 0 Å². The van der Waals surface area contributed by atoms with Crippen molar-refractivity contribution in [2.75, 3.05) is 0 Å². The summed E-state index contributed by atoms with van der Waals surface area (Å²) in [5.74, 6) is -0.847. The monoisotopic (exact) mass is 340 g/mol. The maximum absolute atomic E-state index is 12.8. The van der Waals surface area contributed by atoms with Gasteiger partial charge in [-0.3, -0.25) is 14.4 Å². The van der Waals surface area contributed by atoms with Crippen LogP contribution < -0.4 is 9.47 Å². The van der Waals surface area contributed by atoms with Gasteiger partial charge in [0.25, 0.3) is 0 Å². The zero-order chi connectivity index (χ0) is 18.0. The number of benzene rings is 2. The number of carbonyl (C=O) groups is 3. The Morgan fingerprint density at radius 2 is 1.72 bits per heavy atom. The van der Waals surface area contributed by atoms with Gasteiger partial charge in [-0.25, -0.2) is 0 Å². The summed E-state index contributed by atoms with van der Waals surface area (Å²) in [5, 5.41) is 0. The molecule has 1 aliphatic heterocycles. The first-order valence-corrected chi connectivity index (χ1v) is 7.71. The van der Waals surface area contributed by atoms with Crippen LogP contribution >= 0.6 is 0 Å². The van der Waals surface area contributed by atoms with Crippen molar-refractivity contribution in [3.05, 3.63) is 59.7 Å². The van der Waals surface area contributed by atoms with Crippen LogP contribution in [0, 0.1) is 0 Å². The van der Waals surface area contributed by atoms with Crippen molar-refractivity contribution in [1.29, 1.82) is 0 Å². The first-order chi connectivity index (χ1) is 12.0. The quantitative estimate of drug-likeness (QED) is 0.631. The van der Waals surface area contributed by atoms with Gasteiger partial charge in [0.2, 0.25) is 11.9 Å². The van der Waals surface area contributed by atoms with Gasteiger partial charge < -0.3 is 14.2 Å². The van der Waals surface area contributed by atoms with Crippen LogP contribution in [0.1, 0.15) is 35.9 Å². The average Bonchev–Trinajstić information content (AvgIpc) is 2.57. The topological polar surface area (TPSA) is 78.9 Å². The number of carbonyl (C=O) groups excluding carboxylic acids is 3. The van der Waals surface area contributed by atoms with Gasteiger partial charge in [-0.2, -0.15) is 0 Å². The summed E-state index contributed by atoms with van der Waals surface area (Å²) < 4.78 is 16.2. The molecule has 1 aliphatic rings. The van der Waals surface area contributed by atoms with E-state index in [1.807, 2.05) is 6.07 Å². The minimum absolute atomic E-state index is 0.273. The molecular formula is C19H16O6. The van der Waals surface area contributed by atoms with Gasteiger partial charge in [0.15, 0.2) is 6.10 Å². The van der Waals surface area contributed by atoms with Gasteiger partial charge in [0.05, 0.1) is 5.56 Å². The predicted octanol–water partition coefficient (Wildman–Crippen LogP) is 2.86. The Bertz CT molecular complexity index is 827. The third kappa shape index (κ3) is 3.52. The van der Waals surface area contributed by atoms with E-state index < -0.39 is 24.1 Å². The molecule has 0 amide bonds. The van der Waals surface area contributed by atoms with Crippen LogP contribution in [-0.4, -0.2) is 23.8 Å². The van der Waals surface area contributed by atoms with Gasteiger partial charge in [-0.1, -0.05) is 30.3 Å². The van der Waals surface area contributed by atoms with E-state index in [4.69, 9.17) is 14.2 Å². The van der Waals surface area contributed by atoms with Crippen molar-refractivity contribution in [2.45, 2.75) is 26.1 Å². The SMILES string of the molecule is CC(=O)Oc1ccc2c(c1)O[C@@H](c1ccccc1)[C@H](OC(C)=O)C2=O. The first kappa shape index (κ1) is 16.7. The Balaban J connectivity index is 2.02. The molecule has 0 N–H and O–H groups in total. The molecule has 3 rings (SSSR count). The zero-order valence-electron chi connectivity index (χ0n) is 13.7. The Morgan fingerprint density at radius 1 is 1.00 bits per heavy atom. The number of esters is 2. The number of Topliss-reactive ketones (excluding diaryl/α,β-unsaturated/α-hetero) is 1. The fraction of sp³-hybridized carbons (Fsp3) is 0.211. The van der Waals surface area contributed by atoms with Gasteiger partial charge in [0, 0.05) is 19.9 Å². The lowest BCUT2D eigenvalue weighted by Crippen LogP contribution is -2.39. The summed E-state index contributed by atoms with van der Waals surface area (Å²) >= 11 is 0. The Morgan fingerprint density at radius 3 is 2.36 bits per heavy atom. The molecule has 0 aliphatic carbocycles. The second-order valence-electron chi connectivity index (χ2n) is 5.60. The second kappa shape index (κ2) is 6.76. The number of fused-ring (bicyclic) bond motifs is 1. The molecule has 1 heterocycles. The fourth-order valence-corrected chi connectivity index (χ4v) is 2.70. The third-order valence-corrected chi connectivity index (χ3v) is 3.69. The standard InChI is InChI=1S/C19H16O6/c1-11(20)23-14-8-9-15-16(10-14)25-18(13-6-4-3-5-7-13)19(17(15)22)24-12(2)21/h3-10,18-19H,1-2H3/t18-,19+/m0/s1. The maximum Gasteiger partial charge on any atom is 0.308 e. The number of hydrogen-bond donors (Lipinski definition) is 0. The van der Waals surface area contributed by atoms with Crippen molar-refractivity contribution in [2.24, 2.45) is 0 Å². The minimum Gasteiger partial charge on any atom is -0.480 e. The van der Waals surface area contributed by atoms with Gasteiger partial charge >= 0.3 is 11.9 Å². The molecule has 2 atom stereocenters. The highest BCUT2D eigenvalue weighted by Gasteiger charge is 2.40. The summed E-state index contributed by atoms with van der Waals surface area (Å²) in [6, 6.07) is 13.5. The summed E-state index contributed by atoms with van der Waals surface area (Å²) in [5.41, 5.74) is 0.972. The van der Waals surface area contributed by atoms with E-state index in [-0.39, 0.29) is 22.8 Å². The van der Waals surface area contributed by atoms with Crippen LogP contribution in [0.15, 0.2) is 48.5 Å². The molecule has 6 heteroatoms. The lowest BCUT2D eigenvalue weighted by molar-refractivity contribution is -0.148. The van der Waals surface area contributed by atoms with Gasteiger partial charge in [-0.05, 0) is 17.7 Å². The number of hydrogen-bond acceptors (Lipinski definition) is 6. The lowest BCUT2D eigenvalue weighted by atomic mass is 9.93. The molecule has 0 aromatic heterocycles. The lowest BCUT2D eigenvalue weighted by Gasteiger charge is -2.32. The maximum atomic E-state index is 12.8. The highest BCUT2D eigenvalue weighted by atomic mass is 16.6. The molecule has 0 spiro atoms. The molecule has 0 fully saturated rings. The number of ketones is 1. The van der Waals surface area contributed by atoms with E-state index in [1.54, 1.807) is 24.3 Å². The molecule has 25 heavy (non-hydrogen) atoms. The molecule has 0 unspecified atom stereocenters. The van der Waals surface area contributed by atoms with Gasteiger partial charge in [0.1, 0.15) is 11.5 Å². The van der Waals surface area contributed by atoms with Crippen LogP contribution in [0.3, 0.4) is 0 Å². The van der Waals surface area contributed by atoms with Gasteiger partial charge in [-0.15, -0.1) is 0 Å². The zero-order valence-corrected chi connectivity index (χ0v) is 13.7. The highest BCUT2D eigenvalue weighted by Crippen LogP contribution is 2.38. The molecular weight excluding hydrogens is 324 g/mol. The Labute approximate surface area is 144 Å². The second-order valence-corrected chi connectivity index (χ2v) is 5.60. The van der Waals surface area contributed by atoms with Crippen molar-refractivity contribution in [3.63, 3.8) is 0 Å². The summed E-state index contributed by atoms with van der Waals surface area (Å²) in [6.45, 7) is 2.53. The summed E-state index contributed by atoms with van der Waals surface area (Å²) in [7, 11) is 0. The molecule has 2 aromatic rings. The molecule has 0 saturated heterocycles. The molecule has 2 aromatic carbocycles. The highest BCUT2D eigenvalue weighted by molar-refractivity contribution is 6.04. The van der Waals surface area contributed by atoms with Crippen LogP contribution in [0.4, 0.5) is 0 Å². The normalized spacial score (nSPS) is 18.7. The molecule has 6 nitrogen and oxygen atoms in total. The van der Waals surface area contributed by atoms with E-state index in [9.17, 15) is 14.4 Å². The first-order valence-electron chi connectivity index (χ1n) is 7.71. The van der Waals surface area contributed by atoms with E-state index in [0.29, 0.717) is 5.56 Å². The molecule has 0 radical (unpaired) electrons.